The molecule has 0 saturated carbocycles. The van der Waals surface area contributed by atoms with Gasteiger partial charge in [0.05, 0.1) is 0 Å². The van der Waals surface area contributed by atoms with E-state index in [9.17, 15) is 0 Å². The maximum absolute atomic E-state index is 5.66. The maximum atomic E-state index is 5.66. The van der Waals surface area contributed by atoms with Crippen molar-refractivity contribution in [3.05, 3.63) is 42.4 Å². The monoisotopic (exact) mass is 246 g/mol. The van der Waals surface area contributed by atoms with Crippen LogP contribution in [0.5, 0.6) is 0 Å². The van der Waals surface area contributed by atoms with Crippen molar-refractivity contribution in [1.29, 1.82) is 0 Å². The Morgan fingerprint density at radius 1 is 1.28 bits per heavy atom. The average Bonchev–Trinajstić information content (AvgIpc) is 2.85. The van der Waals surface area contributed by atoms with E-state index in [1.165, 1.54) is 0 Å². The van der Waals surface area contributed by atoms with Gasteiger partial charge in [-0.05, 0) is 37.0 Å². The van der Waals surface area contributed by atoms with Crippen LogP contribution in [0, 0.1) is 5.92 Å². The van der Waals surface area contributed by atoms with Gasteiger partial charge in [0, 0.05) is 25.1 Å². The van der Waals surface area contributed by atoms with Crippen LogP contribution in [0.1, 0.15) is 26.3 Å². The number of rotatable bonds is 3. The summed E-state index contributed by atoms with van der Waals surface area (Å²) in [5.41, 5.74) is 6.81. The Labute approximate surface area is 109 Å². The summed E-state index contributed by atoms with van der Waals surface area (Å²) in [5.74, 6) is 1.31. The molecule has 0 amide bonds. The lowest BCUT2D eigenvalue weighted by molar-refractivity contribution is 0.647. The van der Waals surface area contributed by atoms with Gasteiger partial charge in [-0.25, -0.2) is 4.98 Å². The van der Waals surface area contributed by atoms with Crippen LogP contribution in [-0.2, 0) is 13.0 Å². The van der Waals surface area contributed by atoms with Crippen molar-refractivity contribution in [3.8, 4) is 0 Å². The summed E-state index contributed by atoms with van der Waals surface area (Å²) in [6, 6.07) is 5.87. The summed E-state index contributed by atoms with van der Waals surface area (Å²) in [6.07, 6.45) is 6.46. The maximum Gasteiger partial charge on any atom is 0.126 e. The Morgan fingerprint density at radius 2 is 2.06 bits per heavy atom. The normalized spacial score (nSPS) is 10.0. The summed E-state index contributed by atoms with van der Waals surface area (Å²) < 4.78 is 1.88. The highest BCUT2D eigenvalue weighted by Crippen LogP contribution is 2.12. The van der Waals surface area contributed by atoms with Gasteiger partial charge in [0.25, 0.3) is 0 Å². The molecular formula is C14H22N4. The minimum atomic E-state index is 0.640. The lowest BCUT2D eigenvalue weighted by Crippen LogP contribution is -2.00. The molecule has 4 nitrogen and oxygen atoms in total. The summed E-state index contributed by atoms with van der Waals surface area (Å²) in [5, 5.41) is 3.95. The first-order valence-corrected chi connectivity index (χ1v) is 6.30. The average molecular weight is 246 g/mol. The molecule has 2 rings (SSSR count). The molecule has 0 aliphatic carbocycles. The van der Waals surface area contributed by atoms with Crippen molar-refractivity contribution >= 4 is 5.82 Å². The Morgan fingerprint density at radius 3 is 2.50 bits per heavy atom. The second kappa shape index (κ2) is 7.48. The van der Waals surface area contributed by atoms with E-state index in [0.29, 0.717) is 11.7 Å². The van der Waals surface area contributed by atoms with Gasteiger partial charge in [-0.15, -0.1) is 0 Å². The second-order valence-electron chi connectivity index (χ2n) is 4.51. The van der Waals surface area contributed by atoms with Crippen molar-refractivity contribution in [2.45, 2.75) is 33.7 Å². The fourth-order valence-corrected chi connectivity index (χ4v) is 1.55. The molecule has 0 atom stereocenters. The standard InChI is InChI=1S/C9H14N2.C5H8N2/c1-7(2)6-8-4-3-5-11-9(8)10;1-2-7-5-3-4-6-7/h3-5,7H,6H2,1-2H3,(H2,10,11);3-5H,2H2,1H3. The van der Waals surface area contributed by atoms with E-state index in [1.54, 1.807) is 12.4 Å². The predicted molar refractivity (Wildman–Crippen MR) is 75.1 cm³/mol. The van der Waals surface area contributed by atoms with Crippen LogP contribution in [0.4, 0.5) is 5.82 Å². The van der Waals surface area contributed by atoms with Crippen LogP contribution >= 0.6 is 0 Å². The second-order valence-corrected chi connectivity index (χ2v) is 4.51. The first kappa shape index (κ1) is 14.2. The van der Waals surface area contributed by atoms with Crippen LogP contribution in [-0.4, -0.2) is 14.8 Å². The van der Waals surface area contributed by atoms with Gasteiger partial charge in [0.2, 0.25) is 0 Å². The molecule has 2 N–H and O–H groups in total. The molecule has 0 aromatic carbocycles. The number of aromatic nitrogens is 3. The molecule has 2 heterocycles. The van der Waals surface area contributed by atoms with Crippen LogP contribution in [0.2, 0.25) is 0 Å². The zero-order valence-corrected chi connectivity index (χ0v) is 11.4. The van der Waals surface area contributed by atoms with E-state index in [2.05, 4.69) is 30.9 Å². The summed E-state index contributed by atoms with van der Waals surface area (Å²) >= 11 is 0. The van der Waals surface area contributed by atoms with Gasteiger partial charge >= 0.3 is 0 Å². The van der Waals surface area contributed by atoms with Crippen molar-refractivity contribution in [2.75, 3.05) is 5.73 Å². The van der Waals surface area contributed by atoms with E-state index < -0.39 is 0 Å². The van der Waals surface area contributed by atoms with E-state index in [1.807, 2.05) is 29.1 Å². The Hall–Kier alpha value is -1.84. The summed E-state index contributed by atoms with van der Waals surface area (Å²) in [7, 11) is 0. The number of nitrogens with zero attached hydrogens (tertiary/aromatic N) is 3. The molecule has 4 heteroatoms. The van der Waals surface area contributed by atoms with Gasteiger partial charge in [-0.1, -0.05) is 19.9 Å². The Bertz CT molecular complexity index is 435. The number of aryl methyl sites for hydroxylation is 1. The number of nitrogen functional groups attached to an aromatic ring is 1. The van der Waals surface area contributed by atoms with E-state index in [-0.39, 0.29) is 0 Å². The Balaban J connectivity index is 0.000000199. The lowest BCUT2D eigenvalue weighted by atomic mass is 10.0. The number of nitrogens with two attached hydrogens (primary N) is 1. The predicted octanol–water partition coefficient (Wildman–Crippen LogP) is 2.77. The molecule has 0 fully saturated rings. The van der Waals surface area contributed by atoms with Crippen molar-refractivity contribution < 1.29 is 0 Å². The molecule has 0 radical (unpaired) electrons. The summed E-state index contributed by atoms with van der Waals surface area (Å²) in [6.45, 7) is 7.37. The smallest absolute Gasteiger partial charge is 0.126 e. The molecule has 98 valence electrons. The number of hydrogen-bond acceptors (Lipinski definition) is 3. The van der Waals surface area contributed by atoms with Crippen LogP contribution in [0.25, 0.3) is 0 Å². The molecule has 0 aliphatic rings. The third kappa shape index (κ3) is 4.99. The molecule has 2 aromatic rings. The quantitative estimate of drug-likeness (QED) is 0.906. The third-order valence-electron chi connectivity index (χ3n) is 2.44. The lowest BCUT2D eigenvalue weighted by Gasteiger charge is -2.05. The molecule has 18 heavy (non-hydrogen) atoms. The van der Waals surface area contributed by atoms with Gasteiger partial charge in [-0.2, -0.15) is 5.10 Å². The first-order valence-electron chi connectivity index (χ1n) is 6.30. The van der Waals surface area contributed by atoms with Crippen LogP contribution in [0.15, 0.2) is 36.8 Å². The molecule has 2 aromatic heterocycles. The highest BCUT2D eigenvalue weighted by atomic mass is 15.2. The first-order chi connectivity index (χ1) is 8.63. The minimum absolute atomic E-state index is 0.640. The van der Waals surface area contributed by atoms with E-state index >= 15 is 0 Å². The summed E-state index contributed by atoms with van der Waals surface area (Å²) in [4.78, 5) is 4.01. The fourth-order valence-electron chi connectivity index (χ4n) is 1.55. The molecule has 0 saturated heterocycles. The van der Waals surface area contributed by atoms with Gasteiger partial charge in [-0.3, -0.25) is 4.68 Å². The molecule has 0 spiro atoms. The van der Waals surface area contributed by atoms with Crippen molar-refractivity contribution in [1.82, 2.24) is 14.8 Å². The Kier molecular flexibility index (Phi) is 5.91. The highest BCUT2D eigenvalue weighted by molar-refractivity contribution is 5.38. The zero-order valence-electron chi connectivity index (χ0n) is 11.4. The van der Waals surface area contributed by atoms with Crippen LogP contribution < -0.4 is 5.73 Å². The van der Waals surface area contributed by atoms with Gasteiger partial charge < -0.3 is 5.73 Å². The highest BCUT2D eigenvalue weighted by Gasteiger charge is 2.00. The van der Waals surface area contributed by atoms with Gasteiger partial charge in [0.1, 0.15) is 5.82 Å². The number of hydrogen-bond donors (Lipinski definition) is 1. The van der Waals surface area contributed by atoms with Crippen LogP contribution in [0.3, 0.4) is 0 Å². The van der Waals surface area contributed by atoms with Crippen molar-refractivity contribution in [2.24, 2.45) is 5.92 Å². The van der Waals surface area contributed by atoms with Crippen molar-refractivity contribution in [3.63, 3.8) is 0 Å². The minimum Gasteiger partial charge on any atom is -0.383 e. The number of anilines is 1. The topological polar surface area (TPSA) is 56.7 Å². The largest absolute Gasteiger partial charge is 0.383 e. The fraction of sp³-hybridized carbons (Fsp3) is 0.429. The molecular weight excluding hydrogens is 224 g/mol. The molecule has 0 aliphatic heterocycles. The zero-order chi connectivity index (χ0) is 13.4. The SMILES string of the molecule is CC(C)Cc1cccnc1N.CCn1cccn1. The molecule has 0 unspecified atom stereocenters. The van der Waals surface area contributed by atoms with E-state index in [0.717, 1.165) is 18.5 Å². The molecule has 0 bridgehead atoms. The third-order valence-corrected chi connectivity index (χ3v) is 2.44. The van der Waals surface area contributed by atoms with Gasteiger partial charge in [0.15, 0.2) is 0 Å². The number of pyridine rings is 1. The van der Waals surface area contributed by atoms with E-state index in [4.69, 9.17) is 5.73 Å².